The number of aromatic nitrogens is 3. The van der Waals surface area contributed by atoms with Crippen LogP contribution < -0.4 is 5.32 Å². The molecule has 2 aromatic rings. The number of aryl methyl sites for hydroxylation is 1. The Balaban J connectivity index is 2.08. The Kier molecular flexibility index (Phi) is 4.23. The summed E-state index contributed by atoms with van der Waals surface area (Å²) in [4.78, 5) is 4.38. The molecular formula is C16H24N4. The van der Waals surface area contributed by atoms with Gasteiger partial charge >= 0.3 is 0 Å². The highest BCUT2D eigenvalue weighted by molar-refractivity contribution is 5.24. The van der Waals surface area contributed by atoms with Gasteiger partial charge in [0.2, 0.25) is 0 Å². The lowest BCUT2D eigenvalue weighted by molar-refractivity contribution is 0.527. The van der Waals surface area contributed by atoms with Gasteiger partial charge in [-0.1, -0.05) is 26.8 Å². The van der Waals surface area contributed by atoms with Gasteiger partial charge in [0.25, 0.3) is 0 Å². The Morgan fingerprint density at radius 1 is 1.30 bits per heavy atom. The molecule has 1 N–H and O–H groups in total. The summed E-state index contributed by atoms with van der Waals surface area (Å²) < 4.78 is 1.89. The molecule has 0 spiro atoms. The number of nitrogens with one attached hydrogen (secondary N) is 1. The zero-order valence-corrected chi connectivity index (χ0v) is 13.0. The molecule has 20 heavy (non-hydrogen) atoms. The number of hydrogen-bond acceptors (Lipinski definition) is 3. The van der Waals surface area contributed by atoms with Crippen molar-refractivity contribution in [2.24, 2.45) is 7.05 Å². The molecule has 108 valence electrons. The van der Waals surface area contributed by atoms with E-state index in [1.807, 2.05) is 36.1 Å². The molecule has 0 aliphatic carbocycles. The number of pyridine rings is 1. The predicted octanol–water partition coefficient (Wildman–Crippen LogP) is 2.96. The van der Waals surface area contributed by atoms with Crippen molar-refractivity contribution >= 4 is 0 Å². The van der Waals surface area contributed by atoms with Gasteiger partial charge in [-0.2, -0.15) is 5.10 Å². The molecule has 0 fully saturated rings. The van der Waals surface area contributed by atoms with Crippen LogP contribution in [-0.2, 0) is 19.0 Å². The first-order valence-corrected chi connectivity index (χ1v) is 7.05. The highest BCUT2D eigenvalue weighted by Gasteiger charge is 2.22. The lowest BCUT2D eigenvalue weighted by Crippen LogP contribution is -2.22. The van der Waals surface area contributed by atoms with Gasteiger partial charge in [0.1, 0.15) is 0 Å². The molecule has 0 bridgehead atoms. The fourth-order valence-corrected chi connectivity index (χ4v) is 2.30. The molecule has 0 saturated carbocycles. The molecule has 2 aromatic heterocycles. The lowest BCUT2D eigenvalue weighted by atomic mass is 9.89. The summed E-state index contributed by atoms with van der Waals surface area (Å²) >= 11 is 0. The lowest BCUT2D eigenvalue weighted by Gasteiger charge is -2.19. The Labute approximate surface area is 121 Å². The average Bonchev–Trinajstić information content (AvgIpc) is 2.78. The number of nitrogens with zero attached hydrogens (tertiary/aromatic N) is 3. The van der Waals surface area contributed by atoms with Crippen LogP contribution in [0.25, 0.3) is 0 Å². The van der Waals surface area contributed by atoms with Crippen LogP contribution in [0, 0.1) is 0 Å². The first-order valence-electron chi connectivity index (χ1n) is 7.05. The quantitative estimate of drug-likeness (QED) is 0.930. The molecule has 0 saturated heterocycles. The summed E-state index contributed by atoms with van der Waals surface area (Å²) in [5.41, 5.74) is 3.53. The Morgan fingerprint density at radius 2 is 2.05 bits per heavy atom. The van der Waals surface area contributed by atoms with E-state index in [1.54, 1.807) is 0 Å². The van der Waals surface area contributed by atoms with Crippen LogP contribution in [0.2, 0.25) is 0 Å². The van der Waals surface area contributed by atoms with E-state index in [2.05, 4.69) is 49.3 Å². The van der Waals surface area contributed by atoms with Crippen molar-refractivity contribution < 1.29 is 0 Å². The van der Waals surface area contributed by atoms with E-state index < -0.39 is 0 Å². The standard InChI is InChI=1S/C16H24N4/c1-12(14-8-6-7-9-17-14)18-10-13-11-20(5)19-15(13)16(2,3)4/h6-9,11-12,18H,10H2,1-5H3/t12-/m0/s1. The van der Waals surface area contributed by atoms with E-state index in [0.29, 0.717) is 0 Å². The van der Waals surface area contributed by atoms with Crippen molar-refractivity contribution in [3.8, 4) is 0 Å². The Hall–Kier alpha value is -1.68. The molecule has 0 amide bonds. The first-order chi connectivity index (χ1) is 9.38. The van der Waals surface area contributed by atoms with Gasteiger partial charge in [0.05, 0.1) is 11.4 Å². The molecule has 0 aromatic carbocycles. The summed E-state index contributed by atoms with van der Waals surface area (Å²) in [5, 5.41) is 8.12. The van der Waals surface area contributed by atoms with E-state index in [4.69, 9.17) is 0 Å². The molecule has 0 radical (unpaired) electrons. The van der Waals surface area contributed by atoms with Gasteiger partial charge in [-0.15, -0.1) is 0 Å². The molecule has 4 nitrogen and oxygen atoms in total. The highest BCUT2D eigenvalue weighted by atomic mass is 15.3. The SMILES string of the molecule is C[C@H](NCc1cn(C)nc1C(C)(C)C)c1ccccn1. The van der Waals surface area contributed by atoms with E-state index in [0.717, 1.165) is 17.9 Å². The monoisotopic (exact) mass is 272 g/mol. The normalized spacial score (nSPS) is 13.4. The van der Waals surface area contributed by atoms with E-state index in [-0.39, 0.29) is 11.5 Å². The second kappa shape index (κ2) is 5.75. The van der Waals surface area contributed by atoms with E-state index >= 15 is 0 Å². The van der Waals surface area contributed by atoms with Gasteiger partial charge in [-0.3, -0.25) is 9.67 Å². The van der Waals surface area contributed by atoms with Gasteiger partial charge in [-0.05, 0) is 19.1 Å². The third kappa shape index (κ3) is 3.45. The third-order valence-electron chi connectivity index (χ3n) is 3.35. The molecule has 0 aliphatic rings. The summed E-state index contributed by atoms with van der Waals surface area (Å²) in [6, 6.07) is 6.23. The van der Waals surface area contributed by atoms with Crippen molar-refractivity contribution in [2.45, 2.75) is 45.7 Å². The Morgan fingerprint density at radius 3 is 2.65 bits per heavy atom. The summed E-state index contributed by atoms with van der Waals surface area (Å²) in [7, 11) is 1.97. The topological polar surface area (TPSA) is 42.7 Å². The van der Waals surface area contributed by atoms with Crippen LogP contribution in [0.15, 0.2) is 30.6 Å². The van der Waals surface area contributed by atoms with Gasteiger partial charge in [0, 0.05) is 43.0 Å². The molecule has 4 heteroatoms. The van der Waals surface area contributed by atoms with Gasteiger partial charge in [0.15, 0.2) is 0 Å². The van der Waals surface area contributed by atoms with Gasteiger partial charge in [-0.25, -0.2) is 0 Å². The van der Waals surface area contributed by atoms with Crippen LogP contribution in [-0.4, -0.2) is 14.8 Å². The molecule has 2 rings (SSSR count). The van der Waals surface area contributed by atoms with Crippen LogP contribution >= 0.6 is 0 Å². The van der Waals surface area contributed by atoms with Gasteiger partial charge < -0.3 is 5.32 Å². The molecule has 0 aliphatic heterocycles. The van der Waals surface area contributed by atoms with Crippen molar-refractivity contribution in [2.75, 3.05) is 0 Å². The number of rotatable bonds is 4. The molecule has 1 atom stereocenters. The molecule has 0 unspecified atom stereocenters. The summed E-state index contributed by atoms with van der Waals surface area (Å²) in [5.74, 6) is 0. The third-order valence-corrected chi connectivity index (χ3v) is 3.35. The van der Waals surface area contributed by atoms with Crippen molar-refractivity contribution in [3.63, 3.8) is 0 Å². The maximum Gasteiger partial charge on any atom is 0.0722 e. The van der Waals surface area contributed by atoms with Crippen LogP contribution in [0.3, 0.4) is 0 Å². The van der Waals surface area contributed by atoms with Crippen LogP contribution in [0.4, 0.5) is 0 Å². The second-order valence-electron chi connectivity index (χ2n) is 6.28. The maximum absolute atomic E-state index is 4.59. The molecule has 2 heterocycles. The fourth-order valence-electron chi connectivity index (χ4n) is 2.30. The summed E-state index contributed by atoms with van der Waals surface area (Å²) in [6.45, 7) is 9.52. The van der Waals surface area contributed by atoms with E-state index in [1.165, 1.54) is 5.56 Å². The van der Waals surface area contributed by atoms with Crippen LogP contribution in [0.1, 0.15) is 50.7 Å². The zero-order chi connectivity index (χ0) is 14.8. The maximum atomic E-state index is 4.59. The highest BCUT2D eigenvalue weighted by Crippen LogP contribution is 2.24. The van der Waals surface area contributed by atoms with E-state index in [9.17, 15) is 0 Å². The van der Waals surface area contributed by atoms with Crippen LogP contribution in [0.5, 0.6) is 0 Å². The minimum atomic E-state index is 0.0620. The predicted molar refractivity (Wildman–Crippen MR) is 81.4 cm³/mol. The van der Waals surface area contributed by atoms with Crippen molar-refractivity contribution in [1.82, 2.24) is 20.1 Å². The average molecular weight is 272 g/mol. The summed E-state index contributed by atoms with van der Waals surface area (Å²) in [6.07, 6.45) is 3.93. The van der Waals surface area contributed by atoms with Crippen molar-refractivity contribution in [3.05, 3.63) is 47.5 Å². The minimum Gasteiger partial charge on any atom is -0.305 e. The second-order valence-corrected chi connectivity index (χ2v) is 6.28. The smallest absolute Gasteiger partial charge is 0.0722 e. The first kappa shape index (κ1) is 14.7. The van der Waals surface area contributed by atoms with Crippen molar-refractivity contribution in [1.29, 1.82) is 0 Å². The molecular weight excluding hydrogens is 248 g/mol. The largest absolute Gasteiger partial charge is 0.305 e. The Bertz CT molecular complexity index is 552. The number of hydrogen-bond donors (Lipinski definition) is 1. The minimum absolute atomic E-state index is 0.0620. The fraction of sp³-hybridized carbons (Fsp3) is 0.500. The zero-order valence-electron chi connectivity index (χ0n) is 13.0.